The van der Waals surface area contributed by atoms with E-state index in [1.165, 1.54) is 173 Å². The van der Waals surface area contributed by atoms with Gasteiger partial charge in [-0.3, -0.25) is 0 Å². The van der Waals surface area contributed by atoms with Crippen molar-refractivity contribution in [1.29, 1.82) is 0 Å². The van der Waals surface area contributed by atoms with Crippen LogP contribution in [0.4, 0.5) is 0 Å². The van der Waals surface area contributed by atoms with Crippen LogP contribution in [0, 0.1) is 201 Å². The molecule has 94 heavy (non-hydrogen) atoms. The van der Waals surface area contributed by atoms with E-state index in [2.05, 4.69) is 214 Å². The predicted octanol–water partition coefficient (Wildman–Crippen LogP) is 31.3. The molecule has 10 aliphatic rings. The van der Waals surface area contributed by atoms with Gasteiger partial charge in [-0.15, -0.1) is 6.58 Å². The zero-order chi connectivity index (χ0) is 71.6. The molecule has 0 bridgehead atoms. The van der Waals surface area contributed by atoms with Gasteiger partial charge in [-0.2, -0.15) is 0 Å². The summed E-state index contributed by atoms with van der Waals surface area (Å²) in [6.07, 6.45) is 38.6. The molecular formula is C94H184. The minimum Gasteiger partial charge on any atom is -0.100 e. The minimum atomic E-state index is 0.916. The number of hydrogen-bond donors (Lipinski definition) is 0. The van der Waals surface area contributed by atoms with Gasteiger partial charge in [-0.25, -0.2) is 0 Å². The highest BCUT2D eigenvalue weighted by atomic mass is 14.5. The molecule has 560 valence electrons. The largest absolute Gasteiger partial charge is 0.100 e. The van der Waals surface area contributed by atoms with Gasteiger partial charge < -0.3 is 0 Å². The van der Waals surface area contributed by atoms with Crippen LogP contribution in [0.25, 0.3) is 0 Å². The number of allylic oxidation sites excluding steroid dienone is 1. The Morgan fingerprint density at radius 1 is 0.255 bits per heavy atom. The molecule has 0 spiro atoms. The van der Waals surface area contributed by atoms with Gasteiger partial charge in [0.05, 0.1) is 0 Å². The van der Waals surface area contributed by atoms with Crippen molar-refractivity contribution in [2.75, 3.05) is 0 Å². The maximum absolute atomic E-state index is 3.56. The SMILES string of the molecule is C=C(C)C.CC(C)C1CC(C(C)C)C2CCCCC12.CC(C)C1CC(C(C)C)C2CCCCC12.CC(C)C1CC(C(C)C)C2CCCCC12.CC(C)C1CC(C(C)C)C2CCCCC12.CCC.CCC.CCCC1C(C)C(C)C(C)C1C.CCCC1C(C)C(C)C(C)C1C. The van der Waals surface area contributed by atoms with Crippen molar-refractivity contribution in [3.8, 4) is 0 Å². The normalized spacial score (nSPS) is 39.3. The Hall–Kier alpha value is -0.260. The zero-order valence-corrected chi connectivity index (χ0v) is 71.2. The van der Waals surface area contributed by atoms with Gasteiger partial charge in [0.2, 0.25) is 0 Å². The number of fused-ring (bicyclic) bond motifs is 4. The zero-order valence-electron chi connectivity index (χ0n) is 71.2. The summed E-state index contributed by atoms with van der Waals surface area (Å²) in [7, 11) is 0. The third kappa shape index (κ3) is 26.2. The molecular weight excluding hydrogens is 1130 g/mol. The smallest absolute Gasteiger partial charge is 0.0352 e. The van der Waals surface area contributed by atoms with Crippen LogP contribution in [0.15, 0.2) is 12.2 Å². The van der Waals surface area contributed by atoms with Crippen LogP contribution in [0.1, 0.15) is 389 Å². The highest BCUT2D eigenvalue weighted by Crippen LogP contribution is 2.58. The molecule has 0 saturated heterocycles. The topological polar surface area (TPSA) is 0 Å². The van der Waals surface area contributed by atoms with Crippen LogP contribution in [0.3, 0.4) is 0 Å². The summed E-state index contributed by atoms with van der Waals surface area (Å²) in [5.41, 5.74) is 1.17. The van der Waals surface area contributed by atoms with Crippen LogP contribution < -0.4 is 0 Å². The lowest BCUT2D eigenvalue weighted by Crippen LogP contribution is -2.25. The fraction of sp³-hybridized carbons (Fsp3) is 0.979. The molecule has 10 fully saturated rings. The second-order valence-corrected chi connectivity index (χ2v) is 39.1. The fourth-order valence-corrected chi connectivity index (χ4v) is 23.9. The molecule has 0 aromatic carbocycles. The minimum absolute atomic E-state index is 0.916. The molecule has 0 heterocycles. The van der Waals surface area contributed by atoms with Crippen molar-refractivity contribution >= 4 is 0 Å². The van der Waals surface area contributed by atoms with E-state index >= 15 is 0 Å². The van der Waals surface area contributed by atoms with Gasteiger partial charge in [0.25, 0.3) is 0 Å². The van der Waals surface area contributed by atoms with E-state index in [1.54, 1.807) is 0 Å². The van der Waals surface area contributed by atoms with Crippen LogP contribution in [-0.4, -0.2) is 0 Å². The third-order valence-corrected chi connectivity index (χ3v) is 29.8. The van der Waals surface area contributed by atoms with Crippen LogP contribution in [0.2, 0.25) is 0 Å². The number of hydrogen-bond acceptors (Lipinski definition) is 0. The fourth-order valence-electron chi connectivity index (χ4n) is 23.9. The van der Waals surface area contributed by atoms with Crippen LogP contribution >= 0.6 is 0 Å². The summed E-state index contributed by atoms with van der Waals surface area (Å²) >= 11 is 0. The predicted molar refractivity (Wildman–Crippen MR) is 429 cm³/mol. The van der Waals surface area contributed by atoms with Gasteiger partial charge >= 0.3 is 0 Å². The Morgan fingerprint density at radius 2 is 0.372 bits per heavy atom. The first-order chi connectivity index (χ1) is 44.2. The lowest BCUT2D eigenvalue weighted by molar-refractivity contribution is 0.166. The highest BCUT2D eigenvalue weighted by molar-refractivity contribution is 4.99. The molecule has 24 atom stereocenters. The van der Waals surface area contributed by atoms with Gasteiger partial charge in [-0.05, 0) is 292 Å². The molecule has 0 aliphatic heterocycles. The molecule has 24 unspecified atom stereocenters. The van der Waals surface area contributed by atoms with E-state index in [1.807, 2.05) is 13.8 Å². The molecule has 10 aliphatic carbocycles. The molecule has 0 aromatic rings. The summed E-state index contributed by atoms with van der Waals surface area (Å²) in [6, 6.07) is 0. The first kappa shape index (κ1) is 89.8. The van der Waals surface area contributed by atoms with Crippen LogP contribution in [0.5, 0.6) is 0 Å². The molecule has 0 nitrogen and oxygen atoms in total. The average molecular weight is 1310 g/mol. The summed E-state index contributed by atoms with van der Waals surface area (Å²) < 4.78 is 0. The second-order valence-electron chi connectivity index (χ2n) is 39.1. The van der Waals surface area contributed by atoms with Crippen molar-refractivity contribution in [3.05, 3.63) is 12.2 Å². The third-order valence-electron chi connectivity index (χ3n) is 29.8. The summed E-state index contributed by atoms with van der Waals surface area (Å²) in [5.74, 6) is 34.0. The summed E-state index contributed by atoms with van der Waals surface area (Å²) in [5, 5.41) is 0. The van der Waals surface area contributed by atoms with E-state index in [0.717, 1.165) is 201 Å². The van der Waals surface area contributed by atoms with Crippen LogP contribution in [-0.2, 0) is 0 Å². The average Bonchev–Trinajstić information content (AvgIpc) is 1.68. The summed E-state index contributed by atoms with van der Waals surface area (Å²) in [4.78, 5) is 0. The van der Waals surface area contributed by atoms with Crippen molar-refractivity contribution < 1.29 is 0 Å². The van der Waals surface area contributed by atoms with Gasteiger partial charge in [0.1, 0.15) is 0 Å². The maximum Gasteiger partial charge on any atom is -0.0352 e. The molecule has 0 N–H and O–H groups in total. The lowest BCUT2D eigenvalue weighted by atomic mass is 9.72. The lowest BCUT2D eigenvalue weighted by Gasteiger charge is -2.33. The summed E-state index contributed by atoms with van der Waals surface area (Å²) in [6.45, 7) is 79.2. The van der Waals surface area contributed by atoms with Crippen molar-refractivity contribution in [3.63, 3.8) is 0 Å². The molecule has 10 rings (SSSR count). The molecule has 0 heteroatoms. The number of rotatable bonds is 12. The van der Waals surface area contributed by atoms with E-state index in [-0.39, 0.29) is 0 Å². The van der Waals surface area contributed by atoms with E-state index < -0.39 is 0 Å². The Morgan fingerprint density at radius 3 is 0.468 bits per heavy atom. The van der Waals surface area contributed by atoms with E-state index in [4.69, 9.17) is 0 Å². The molecule has 10 saturated carbocycles. The van der Waals surface area contributed by atoms with E-state index in [0.29, 0.717) is 0 Å². The van der Waals surface area contributed by atoms with Gasteiger partial charge in [0.15, 0.2) is 0 Å². The highest BCUT2D eigenvalue weighted by Gasteiger charge is 2.50. The first-order valence-corrected chi connectivity index (χ1v) is 43.8. The Balaban J connectivity index is 0.000000374. The Labute approximate surface area is 598 Å². The van der Waals surface area contributed by atoms with Gasteiger partial charge in [0, 0.05) is 0 Å². The standard InChI is InChI=1S/4C15H28.2C12H24.C4H8.2C3H8/c4*1-10(2)14-9-15(11(3)4)13-8-6-5-7-12(13)14;2*1-6-7-12-10(4)8(2)9(3)11(12)5;1-4(2)3;2*1-3-2/h4*10-15H,5-9H2,1-4H3;2*8-12H,6-7H2,1-5H3;1H2,2-3H3;2*3H2,1-2H3. The Bertz CT molecular complexity index is 1530. The van der Waals surface area contributed by atoms with Crippen molar-refractivity contribution in [2.24, 2.45) is 201 Å². The van der Waals surface area contributed by atoms with E-state index in [9.17, 15) is 0 Å². The molecule has 0 amide bonds. The molecule has 0 aromatic heterocycles. The quantitative estimate of drug-likeness (QED) is 0.171. The second kappa shape index (κ2) is 45.7. The molecule has 0 radical (unpaired) electrons. The maximum atomic E-state index is 3.56. The van der Waals surface area contributed by atoms with Gasteiger partial charge in [-0.1, -0.05) is 303 Å². The van der Waals surface area contributed by atoms with Crippen molar-refractivity contribution in [2.45, 2.75) is 389 Å². The van der Waals surface area contributed by atoms with Crippen molar-refractivity contribution in [1.82, 2.24) is 0 Å². The Kier molecular flexibility index (Phi) is 43.6. The monoisotopic (exact) mass is 1310 g/mol. The first-order valence-electron chi connectivity index (χ1n) is 43.8.